The summed E-state index contributed by atoms with van der Waals surface area (Å²) < 4.78 is 0. The van der Waals surface area contributed by atoms with Crippen molar-refractivity contribution < 1.29 is 9.59 Å². The molecule has 0 aliphatic heterocycles. The Labute approximate surface area is 89.5 Å². The van der Waals surface area contributed by atoms with E-state index in [9.17, 15) is 9.59 Å². The van der Waals surface area contributed by atoms with Gasteiger partial charge in [-0.15, -0.1) is 0 Å². The van der Waals surface area contributed by atoms with E-state index in [1.54, 1.807) is 0 Å². The molecule has 1 aromatic carbocycles. The summed E-state index contributed by atoms with van der Waals surface area (Å²) >= 11 is 0. The van der Waals surface area contributed by atoms with E-state index in [0.29, 0.717) is 6.42 Å². The zero-order valence-electron chi connectivity index (χ0n) is 8.82. The van der Waals surface area contributed by atoms with E-state index < -0.39 is 0 Å². The van der Waals surface area contributed by atoms with Crippen LogP contribution in [0.2, 0.25) is 0 Å². The number of amides is 1. The van der Waals surface area contributed by atoms with Gasteiger partial charge >= 0.3 is 0 Å². The topological polar surface area (TPSA) is 46.2 Å². The molecule has 0 aliphatic rings. The summed E-state index contributed by atoms with van der Waals surface area (Å²) in [5.74, 6) is -0.0694. The zero-order chi connectivity index (χ0) is 11.1. The van der Waals surface area contributed by atoms with Gasteiger partial charge in [0.15, 0.2) is 0 Å². The minimum Gasteiger partial charge on any atom is -0.326 e. The van der Waals surface area contributed by atoms with E-state index in [1.165, 1.54) is 6.92 Å². The summed E-state index contributed by atoms with van der Waals surface area (Å²) in [4.78, 5) is 21.0. The largest absolute Gasteiger partial charge is 0.326 e. The smallest absolute Gasteiger partial charge is 0.221 e. The summed E-state index contributed by atoms with van der Waals surface area (Å²) in [5.41, 5.74) is 1.95. The SMILES string of the molecule is CC(=O)Nc1cccc(CCCC=O)c1. The van der Waals surface area contributed by atoms with Crippen LogP contribution in [0.3, 0.4) is 0 Å². The highest BCUT2D eigenvalue weighted by atomic mass is 16.1. The number of hydrogen-bond acceptors (Lipinski definition) is 2. The van der Waals surface area contributed by atoms with Gasteiger partial charge in [0.1, 0.15) is 6.29 Å². The average molecular weight is 205 g/mol. The lowest BCUT2D eigenvalue weighted by Crippen LogP contribution is -2.05. The van der Waals surface area contributed by atoms with Crippen molar-refractivity contribution in [1.82, 2.24) is 0 Å². The van der Waals surface area contributed by atoms with Gasteiger partial charge in [0.05, 0.1) is 0 Å². The van der Waals surface area contributed by atoms with E-state index in [0.717, 1.165) is 30.4 Å². The lowest BCUT2D eigenvalue weighted by molar-refractivity contribution is -0.114. The number of hydrogen-bond donors (Lipinski definition) is 1. The van der Waals surface area contributed by atoms with Crippen LogP contribution >= 0.6 is 0 Å². The lowest BCUT2D eigenvalue weighted by atomic mass is 10.1. The Hall–Kier alpha value is -1.64. The molecule has 0 heterocycles. The molecule has 0 aromatic heterocycles. The van der Waals surface area contributed by atoms with Crippen LogP contribution < -0.4 is 5.32 Å². The molecule has 80 valence electrons. The number of anilines is 1. The predicted octanol–water partition coefficient (Wildman–Crippen LogP) is 2.17. The molecule has 3 nitrogen and oxygen atoms in total. The molecule has 0 radical (unpaired) electrons. The molecule has 0 spiro atoms. The third-order valence-corrected chi connectivity index (χ3v) is 2.03. The molecule has 1 amide bonds. The zero-order valence-corrected chi connectivity index (χ0v) is 8.82. The summed E-state index contributed by atoms with van der Waals surface area (Å²) in [6.45, 7) is 1.49. The maximum atomic E-state index is 10.8. The third kappa shape index (κ3) is 4.40. The van der Waals surface area contributed by atoms with Crippen LogP contribution in [0.15, 0.2) is 24.3 Å². The van der Waals surface area contributed by atoms with Crippen molar-refractivity contribution in [3.63, 3.8) is 0 Å². The van der Waals surface area contributed by atoms with E-state index in [2.05, 4.69) is 5.32 Å². The van der Waals surface area contributed by atoms with Gasteiger partial charge in [-0.1, -0.05) is 12.1 Å². The molecular weight excluding hydrogens is 190 g/mol. The van der Waals surface area contributed by atoms with E-state index in [4.69, 9.17) is 0 Å². The van der Waals surface area contributed by atoms with Crippen LogP contribution in [-0.4, -0.2) is 12.2 Å². The minimum absolute atomic E-state index is 0.0694. The summed E-state index contributed by atoms with van der Waals surface area (Å²) in [6, 6.07) is 7.69. The maximum absolute atomic E-state index is 10.8. The quantitative estimate of drug-likeness (QED) is 0.591. The first-order chi connectivity index (χ1) is 7.22. The highest BCUT2D eigenvalue weighted by molar-refractivity contribution is 5.88. The maximum Gasteiger partial charge on any atom is 0.221 e. The number of aldehydes is 1. The number of nitrogens with one attached hydrogen (secondary N) is 1. The summed E-state index contributed by atoms with van der Waals surface area (Å²) in [5, 5.41) is 2.73. The number of unbranched alkanes of at least 4 members (excludes halogenated alkanes) is 1. The fraction of sp³-hybridized carbons (Fsp3) is 0.333. The van der Waals surface area contributed by atoms with E-state index in [-0.39, 0.29) is 5.91 Å². The second kappa shape index (κ2) is 5.96. The van der Waals surface area contributed by atoms with Crippen molar-refractivity contribution >= 4 is 17.9 Å². The van der Waals surface area contributed by atoms with Crippen LogP contribution in [0.25, 0.3) is 0 Å². The summed E-state index contributed by atoms with van der Waals surface area (Å²) in [6.07, 6.45) is 3.24. The Morgan fingerprint density at radius 3 is 2.93 bits per heavy atom. The van der Waals surface area contributed by atoms with Gasteiger partial charge in [-0.05, 0) is 30.5 Å². The molecule has 1 aromatic rings. The first-order valence-electron chi connectivity index (χ1n) is 5.02. The molecule has 15 heavy (non-hydrogen) atoms. The molecule has 0 atom stereocenters. The molecule has 0 aliphatic carbocycles. The van der Waals surface area contributed by atoms with Gasteiger partial charge in [0.25, 0.3) is 0 Å². The average Bonchev–Trinajstić information content (AvgIpc) is 2.18. The van der Waals surface area contributed by atoms with Gasteiger partial charge in [0.2, 0.25) is 5.91 Å². The second-order valence-corrected chi connectivity index (χ2v) is 3.44. The normalized spacial score (nSPS) is 9.67. The van der Waals surface area contributed by atoms with Crippen molar-refractivity contribution in [3.8, 4) is 0 Å². The van der Waals surface area contributed by atoms with Gasteiger partial charge in [-0.25, -0.2) is 0 Å². The highest BCUT2D eigenvalue weighted by Gasteiger charge is 1.97. The first kappa shape index (κ1) is 11.4. The molecule has 0 unspecified atom stereocenters. The van der Waals surface area contributed by atoms with E-state index >= 15 is 0 Å². The van der Waals surface area contributed by atoms with E-state index in [1.807, 2.05) is 24.3 Å². The molecule has 1 rings (SSSR count). The van der Waals surface area contributed by atoms with Crippen molar-refractivity contribution in [2.24, 2.45) is 0 Å². The molecule has 0 fully saturated rings. The number of aryl methyl sites for hydroxylation is 1. The van der Waals surface area contributed by atoms with Gasteiger partial charge in [-0.3, -0.25) is 4.79 Å². The highest BCUT2D eigenvalue weighted by Crippen LogP contribution is 2.12. The fourth-order valence-corrected chi connectivity index (χ4v) is 1.40. The molecule has 0 bridgehead atoms. The Bertz CT molecular complexity index is 347. The molecule has 0 saturated heterocycles. The predicted molar refractivity (Wildman–Crippen MR) is 59.7 cm³/mol. The first-order valence-corrected chi connectivity index (χ1v) is 5.02. The number of rotatable bonds is 5. The van der Waals surface area contributed by atoms with Gasteiger partial charge in [0, 0.05) is 19.0 Å². The molecule has 0 saturated carbocycles. The van der Waals surface area contributed by atoms with Crippen molar-refractivity contribution in [2.45, 2.75) is 26.2 Å². The van der Waals surface area contributed by atoms with Gasteiger partial charge in [-0.2, -0.15) is 0 Å². The van der Waals surface area contributed by atoms with Crippen LogP contribution in [0.4, 0.5) is 5.69 Å². The fourth-order valence-electron chi connectivity index (χ4n) is 1.40. The van der Waals surface area contributed by atoms with Crippen molar-refractivity contribution in [3.05, 3.63) is 29.8 Å². The third-order valence-electron chi connectivity index (χ3n) is 2.03. The van der Waals surface area contributed by atoms with Crippen LogP contribution in [0, 0.1) is 0 Å². The number of carbonyl (C=O) groups is 2. The van der Waals surface area contributed by atoms with Gasteiger partial charge < -0.3 is 10.1 Å². The minimum atomic E-state index is -0.0694. The standard InChI is InChI=1S/C12H15NO2/c1-10(15)13-12-7-4-6-11(9-12)5-2-3-8-14/h4,6-9H,2-3,5H2,1H3,(H,13,15). The molecular formula is C12H15NO2. The monoisotopic (exact) mass is 205 g/mol. The van der Waals surface area contributed by atoms with Crippen LogP contribution in [-0.2, 0) is 16.0 Å². The number of carbonyl (C=O) groups excluding carboxylic acids is 2. The molecule has 1 N–H and O–H groups in total. The van der Waals surface area contributed by atoms with Crippen molar-refractivity contribution in [1.29, 1.82) is 0 Å². The lowest BCUT2D eigenvalue weighted by Gasteiger charge is -2.04. The van der Waals surface area contributed by atoms with Crippen LogP contribution in [0.5, 0.6) is 0 Å². The Morgan fingerprint density at radius 1 is 1.47 bits per heavy atom. The number of benzene rings is 1. The van der Waals surface area contributed by atoms with Crippen molar-refractivity contribution in [2.75, 3.05) is 5.32 Å². The second-order valence-electron chi connectivity index (χ2n) is 3.44. The Morgan fingerprint density at radius 2 is 2.27 bits per heavy atom. The van der Waals surface area contributed by atoms with Crippen LogP contribution in [0.1, 0.15) is 25.3 Å². The molecule has 3 heteroatoms. The Kier molecular flexibility index (Phi) is 4.54. The Balaban J connectivity index is 2.57. The summed E-state index contributed by atoms with van der Waals surface area (Å²) in [7, 11) is 0.